The van der Waals surface area contributed by atoms with E-state index in [0.29, 0.717) is 0 Å². The van der Waals surface area contributed by atoms with E-state index in [1.54, 1.807) is 0 Å². The number of hydrogen-bond donors (Lipinski definition) is 0. The van der Waals surface area contributed by atoms with Gasteiger partial charge in [-0.1, -0.05) is 51.1 Å². The SMILES string of the molecule is CC(C)(C)[C@]12C=C[C@H](O1)c1ccccc12. The summed E-state index contributed by atoms with van der Waals surface area (Å²) in [4.78, 5) is 0. The maximum Gasteiger partial charge on any atom is 0.118 e. The van der Waals surface area contributed by atoms with E-state index in [2.05, 4.69) is 57.2 Å². The van der Waals surface area contributed by atoms with Gasteiger partial charge in [-0.15, -0.1) is 0 Å². The van der Waals surface area contributed by atoms with Gasteiger partial charge in [0.05, 0.1) is 0 Å². The molecule has 0 aromatic heterocycles. The highest BCUT2D eigenvalue weighted by atomic mass is 16.5. The van der Waals surface area contributed by atoms with Crippen LogP contribution in [0.25, 0.3) is 0 Å². The van der Waals surface area contributed by atoms with Crippen molar-refractivity contribution in [3.8, 4) is 0 Å². The number of ether oxygens (including phenoxy) is 1. The zero-order valence-electron chi connectivity index (χ0n) is 9.45. The third-order valence-electron chi connectivity index (χ3n) is 3.60. The van der Waals surface area contributed by atoms with E-state index in [9.17, 15) is 0 Å². The first kappa shape index (κ1) is 9.17. The standard InChI is InChI=1S/C14H16O/c1-13(2,3)14-9-8-12(15-14)10-6-4-5-7-11(10)14/h4-9,12H,1-3H3/t12-,14+/m0/s1. The Morgan fingerprint density at radius 2 is 1.93 bits per heavy atom. The first-order valence-electron chi connectivity index (χ1n) is 5.51. The van der Waals surface area contributed by atoms with Crippen LogP contribution in [-0.2, 0) is 10.3 Å². The van der Waals surface area contributed by atoms with E-state index in [1.807, 2.05) is 0 Å². The van der Waals surface area contributed by atoms with Gasteiger partial charge < -0.3 is 4.74 Å². The summed E-state index contributed by atoms with van der Waals surface area (Å²) in [5.74, 6) is 0. The zero-order chi connectivity index (χ0) is 10.7. The molecule has 0 spiro atoms. The molecule has 3 rings (SSSR count). The molecule has 0 N–H and O–H groups in total. The molecular weight excluding hydrogens is 184 g/mol. The lowest BCUT2D eigenvalue weighted by Gasteiger charge is -2.38. The fourth-order valence-electron chi connectivity index (χ4n) is 2.74. The van der Waals surface area contributed by atoms with Crippen molar-refractivity contribution in [2.24, 2.45) is 5.41 Å². The summed E-state index contributed by atoms with van der Waals surface area (Å²) in [6, 6.07) is 8.57. The van der Waals surface area contributed by atoms with Crippen LogP contribution in [0.4, 0.5) is 0 Å². The second kappa shape index (κ2) is 2.53. The highest BCUT2D eigenvalue weighted by molar-refractivity contribution is 5.48. The van der Waals surface area contributed by atoms with Crippen LogP contribution in [0.2, 0.25) is 0 Å². The predicted octanol–water partition coefficient (Wildman–Crippen LogP) is 3.57. The summed E-state index contributed by atoms with van der Waals surface area (Å²) < 4.78 is 6.18. The van der Waals surface area contributed by atoms with Crippen molar-refractivity contribution < 1.29 is 4.74 Å². The van der Waals surface area contributed by atoms with Gasteiger partial charge in [0.25, 0.3) is 0 Å². The quantitative estimate of drug-likeness (QED) is 0.582. The monoisotopic (exact) mass is 200 g/mol. The highest BCUT2D eigenvalue weighted by Crippen LogP contribution is 2.57. The molecule has 0 fully saturated rings. The first-order chi connectivity index (χ1) is 7.05. The molecule has 78 valence electrons. The van der Waals surface area contributed by atoms with Crippen molar-refractivity contribution in [3.05, 3.63) is 47.5 Å². The molecule has 0 radical (unpaired) electrons. The van der Waals surface area contributed by atoms with Crippen molar-refractivity contribution in [2.45, 2.75) is 32.5 Å². The summed E-state index contributed by atoms with van der Waals surface area (Å²) in [6.07, 6.45) is 4.61. The van der Waals surface area contributed by atoms with Crippen LogP contribution in [0, 0.1) is 5.41 Å². The van der Waals surface area contributed by atoms with E-state index in [1.165, 1.54) is 11.1 Å². The Hall–Kier alpha value is -1.08. The number of hydrogen-bond acceptors (Lipinski definition) is 1. The molecule has 1 heteroatoms. The maximum atomic E-state index is 6.18. The minimum absolute atomic E-state index is 0.102. The maximum absolute atomic E-state index is 6.18. The topological polar surface area (TPSA) is 9.23 Å². The number of benzene rings is 1. The molecule has 1 aromatic rings. The van der Waals surface area contributed by atoms with E-state index < -0.39 is 0 Å². The summed E-state index contributed by atoms with van der Waals surface area (Å²) in [7, 11) is 0. The van der Waals surface area contributed by atoms with Gasteiger partial charge >= 0.3 is 0 Å². The van der Waals surface area contributed by atoms with Crippen LogP contribution in [-0.4, -0.2) is 0 Å². The fourth-order valence-corrected chi connectivity index (χ4v) is 2.74. The predicted molar refractivity (Wildman–Crippen MR) is 60.5 cm³/mol. The third-order valence-corrected chi connectivity index (χ3v) is 3.60. The van der Waals surface area contributed by atoms with Gasteiger partial charge in [0, 0.05) is 0 Å². The first-order valence-corrected chi connectivity index (χ1v) is 5.51. The average molecular weight is 200 g/mol. The minimum atomic E-state index is -0.200. The normalized spacial score (nSPS) is 32.1. The molecule has 1 nitrogen and oxygen atoms in total. The number of fused-ring (bicyclic) bond motifs is 5. The molecular formula is C14H16O. The van der Waals surface area contributed by atoms with Crippen molar-refractivity contribution in [1.29, 1.82) is 0 Å². The van der Waals surface area contributed by atoms with E-state index in [4.69, 9.17) is 4.74 Å². The lowest BCUT2D eigenvalue weighted by Crippen LogP contribution is -2.36. The molecule has 2 atom stereocenters. The molecule has 0 amide bonds. The summed E-state index contributed by atoms with van der Waals surface area (Å²) in [5.41, 5.74) is 2.60. The molecule has 0 aliphatic carbocycles. The summed E-state index contributed by atoms with van der Waals surface area (Å²) in [5, 5.41) is 0. The molecule has 0 unspecified atom stereocenters. The summed E-state index contributed by atoms with van der Waals surface area (Å²) >= 11 is 0. The Labute approximate surface area is 90.8 Å². The van der Waals surface area contributed by atoms with Gasteiger partial charge in [-0.05, 0) is 22.6 Å². The fraction of sp³-hybridized carbons (Fsp3) is 0.429. The highest BCUT2D eigenvalue weighted by Gasteiger charge is 2.53. The van der Waals surface area contributed by atoms with Gasteiger partial charge in [0.1, 0.15) is 11.7 Å². The molecule has 2 aliphatic rings. The van der Waals surface area contributed by atoms with E-state index in [0.717, 1.165) is 0 Å². The molecule has 0 saturated carbocycles. The van der Waals surface area contributed by atoms with Gasteiger partial charge in [-0.3, -0.25) is 0 Å². The van der Waals surface area contributed by atoms with Gasteiger partial charge in [0.15, 0.2) is 0 Å². The Morgan fingerprint density at radius 3 is 2.67 bits per heavy atom. The van der Waals surface area contributed by atoms with Crippen molar-refractivity contribution in [2.75, 3.05) is 0 Å². The van der Waals surface area contributed by atoms with Crippen LogP contribution >= 0.6 is 0 Å². The minimum Gasteiger partial charge on any atom is -0.354 e. The molecule has 0 saturated heterocycles. The smallest absolute Gasteiger partial charge is 0.118 e. The van der Waals surface area contributed by atoms with Gasteiger partial charge in [-0.25, -0.2) is 0 Å². The molecule has 2 heterocycles. The Balaban J connectivity index is 2.25. The second-order valence-electron chi connectivity index (χ2n) is 5.47. The van der Waals surface area contributed by atoms with Crippen molar-refractivity contribution in [3.63, 3.8) is 0 Å². The average Bonchev–Trinajstić information content (AvgIpc) is 2.74. The van der Waals surface area contributed by atoms with Crippen LogP contribution in [0.15, 0.2) is 36.4 Å². The second-order valence-corrected chi connectivity index (χ2v) is 5.47. The van der Waals surface area contributed by atoms with E-state index >= 15 is 0 Å². The molecule has 2 bridgehead atoms. The Kier molecular flexibility index (Phi) is 1.55. The Morgan fingerprint density at radius 1 is 1.20 bits per heavy atom. The van der Waals surface area contributed by atoms with E-state index in [-0.39, 0.29) is 17.1 Å². The summed E-state index contributed by atoms with van der Waals surface area (Å²) in [6.45, 7) is 6.71. The lowest BCUT2D eigenvalue weighted by atomic mass is 9.70. The Bertz CT molecular complexity index is 439. The lowest BCUT2D eigenvalue weighted by molar-refractivity contribution is -0.0753. The zero-order valence-corrected chi connectivity index (χ0v) is 9.45. The van der Waals surface area contributed by atoms with Gasteiger partial charge in [-0.2, -0.15) is 0 Å². The molecule has 1 aromatic carbocycles. The van der Waals surface area contributed by atoms with Crippen LogP contribution in [0.5, 0.6) is 0 Å². The largest absolute Gasteiger partial charge is 0.354 e. The van der Waals surface area contributed by atoms with Crippen molar-refractivity contribution in [1.82, 2.24) is 0 Å². The number of rotatable bonds is 0. The van der Waals surface area contributed by atoms with Crippen LogP contribution in [0.3, 0.4) is 0 Å². The van der Waals surface area contributed by atoms with Crippen LogP contribution < -0.4 is 0 Å². The van der Waals surface area contributed by atoms with Crippen LogP contribution in [0.1, 0.15) is 38.0 Å². The molecule has 2 aliphatic heterocycles. The molecule has 15 heavy (non-hydrogen) atoms. The van der Waals surface area contributed by atoms with Crippen molar-refractivity contribution >= 4 is 0 Å². The third kappa shape index (κ3) is 0.967. The van der Waals surface area contributed by atoms with Gasteiger partial charge in [0.2, 0.25) is 0 Å².